The van der Waals surface area contributed by atoms with Crippen LogP contribution in [-0.2, 0) is 0 Å². The molecule has 22 heavy (non-hydrogen) atoms. The average molecular weight is 295 g/mol. The fourth-order valence-electron chi connectivity index (χ4n) is 2.21. The minimum atomic E-state index is -1.00. The summed E-state index contributed by atoms with van der Waals surface area (Å²) in [5.41, 5.74) is 2.05. The van der Waals surface area contributed by atoms with Crippen LogP contribution in [0.15, 0.2) is 52.9 Å². The number of para-hydroxylation sites is 1. The molecule has 3 aromatic rings. The number of aryl methyl sites for hydroxylation is 1. The summed E-state index contributed by atoms with van der Waals surface area (Å²) in [5.74, 6) is -1.16. The van der Waals surface area contributed by atoms with Crippen LogP contribution in [0.3, 0.4) is 0 Å². The predicted octanol–water partition coefficient (Wildman–Crippen LogP) is 3.69. The number of anilines is 1. The Hall–Kier alpha value is -3.08. The Bertz CT molecular complexity index is 846. The number of carboxylic acids is 1. The van der Waals surface area contributed by atoms with Crippen molar-refractivity contribution in [2.75, 3.05) is 5.32 Å². The number of nitrogens with one attached hydrogen (secondary N) is 1. The van der Waals surface area contributed by atoms with E-state index in [0.29, 0.717) is 16.8 Å². The molecule has 1 aromatic heterocycles. The highest BCUT2D eigenvalue weighted by Crippen LogP contribution is 2.21. The second-order valence-corrected chi connectivity index (χ2v) is 4.94. The molecular formula is C17H13NO4. The number of hydrogen-bond donors (Lipinski definition) is 2. The molecule has 0 bridgehead atoms. The molecule has 2 N–H and O–H groups in total. The summed E-state index contributed by atoms with van der Waals surface area (Å²) < 4.78 is 5.50. The molecule has 5 nitrogen and oxygen atoms in total. The Morgan fingerprint density at radius 1 is 1.09 bits per heavy atom. The van der Waals surface area contributed by atoms with Crippen molar-refractivity contribution < 1.29 is 19.1 Å². The van der Waals surface area contributed by atoms with Crippen LogP contribution in [0.5, 0.6) is 0 Å². The molecule has 0 aliphatic rings. The summed E-state index contributed by atoms with van der Waals surface area (Å²) in [5, 5.41) is 12.5. The van der Waals surface area contributed by atoms with Gasteiger partial charge in [-0.3, -0.25) is 4.79 Å². The highest BCUT2D eigenvalue weighted by molar-refractivity contribution is 6.05. The third-order valence-electron chi connectivity index (χ3n) is 3.37. The van der Waals surface area contributed by atoms with Crippen molar-refractivity contribution in [1.29, 1.82) is 0 Å². The lowest BCUT2D eigenvalue weighted by Gasteiger charge is -2.07. The van der Waals surface area contributed by atoms with E-state index in [4.69, 9.17) is 9.52 Å². The summed E-state index contributed by atoms with van der Waals surface area (Å²) in [6.45, 7) is 1.74. The quantitative estimate of drug-likeness (QED) is 0.772. The van der Waals surface area contributed by atoms with Crippen LogP contribution in [0.4, 0.5) is 5.69 Å². The van der Waals surface area contributed by atoms with E-state index in [2.05, 4.69) is 5.32 Å². The van der Waals surface area contributed by atoms with E-state index >= 15 is 0 Å². The fourth-order valence-corrected chi connectivity index (χ4v) is 2.21. The van der Waals surface area contributed by atoms with Gasteiger partial charge in [-0.05, 0) is 42.8 Å². The Morgan fingerprint density at radius 3 is 2.55 bits per heavy atom. The summed E-state index contributed by atoms with van der Waals surface area (Å²) in [6.07, 6.45) is 0. The number of fused-ring (bicyclic) bond motifs is 1. The van der Waals surface area contributed by atoms with Gasteiger partial charge in [0.15, 0.2) is 5.76 Å². The Morgan fingerprint density at radius 2 is 1.86 bits per heavy atom. The molecule has 0 saturated carbocycles. The number of carbonyl (C=O) groups is 2. The smallest absolute Gasteiger partial charge is 0.335 e. The largest absolute Gasteiger partial charge is 0.478 e. The van der Waals surface area contributed by atoms with Gasteiger partial charge in [0, 0.05) is 11.1 Å². The van der Waals surface area contributed by atoms with Gasteiger partial charge in [-0.1, -0.05) is 18.2 Å². The van der Waals surface area contributed by atoms with Gasteiger partial charge in [0.2, 0.25) is 0 Å². The molecule has 3 rings (SSSR count). The van der Waals surface area contributed by atoms with E-state index < -0.39 is 5.97 Å². The first-order chi connectivity index (χ1) is 10.5. The van der Waals surface area contributed by atoms with Crippen molar-refractivity contribution >= 4 is 28.5 Å². The van der Waals surface area contributed by atoms with E-state index in [1.54, 1.807) is 25.1 Å². The van der Waals surface area contributed by atoms with Crippen molar-refractivity contribution in [3.8, 4) is 0 Å². The monoisotopic (exact) mass is 295 g/mol. The maximum Gasteiger partial charge on any atom is 0.335 e. The maximum atomic E-state index is 12.2. The second-order valence-electron chi connectivity index (χ2n) is 4.94. The zero-order chi connectivity index (χ0) is 15.7. The topological polar surface area (TPSA) is 79.5 Å². The second kappa shape index (κ2) is 5.37. The number of amides is 1. The molecule has 0 fully saturated rings. The molecule has 5 heteroatoms. The van der Waals surface area contributed by atoms with Crippen LogP contribution >= 0.6 is 0 Å². The van der Waals surface area contributed by atoms with Crippen LogP contribution in [-0.4, -0.2) is 17.0 Å². The van der Waals surface area contributed by atoms with Gasteiger partial charge in [0.25, 0.3) is 5.91 Å². The molecule has 2 aromatic carbocycles. The van der Waals surface area contributed by atoms with Gasteiger partial charge in [-0.2, -0.15) is 0 Å². The van der Waals surface area contributed by atoms with Crippen molar-refractivity contribution in [1.82, 2.24) is 0 Å². The lowest BCUT2D eigenvalue weighted by atomic mass is 10.1. The van der Waals surface area contributed by atoms with Gasteiger partial charge in [0.05, 0.1) is 5.56 Å². The predicted molar refractivity (Wildman–Crippen MR) is 82.3 cm³/mol. The van der Waals surface area contributed by atoms with E-state index in [1.807, 2.05) is 18.2 Å². The first kappa shape index (κ1) is 13.9. The van der Waals surface area contributed by atoms with Gasteiger partial charge < -0.3 is 14.8 Å². The van der Waals surface area contributed by atoms with E-state index in [0.717, 1.165) is 5.39 Å². The fraction of sp³-hybridized carbons (Fsp3) is 0.0588. The number of aromatic carboxylic acids is 1. The van der Waals surface area contributed by atoms with E-state index in [9.17, 15) is 9.59 Å². The molecule has 110 valence electrons. The lowest BCUT2D eigenvalue weighted by molar-refractivity contribution is 0.0696. The molecule has 0 aliphatic heterocycles. The van der Waals surface area contributed by atoms with Crippen LogP contribution in [0, 0.1) is 6.92 Å². The molecule has 0 aliphatic carbocycles. The summed E-state index contributed by atoms with van der Waals surface area (Å²) >= 11 is 0. The molecular weight excluding hydrogens is 282 g/mol. The molecule has 1 amide bonds. The Balaban J connectivity index is 1.86. The van der Waals surface area contributed by atoms with Gasteiger partial charge >= 0.3 is 5.97 Å². The van der Waals surface area contributed by atoms with E-state index in [1.165, 1.54) is 12.1 Å². The molecule has 0 atom stereocenters. The minimum Gasteiger partial charge on any atom is -0.478 e. The standard InChI is InChI=1S/C17H13NO4/c1-10-8-12(17(20)21)6-7-13(10)18-16(19)15-9-11-4-2-3-5-14(11)22-15/h2-9H,1H3,(H,18,19)(H,20,21). The van der Waals surface area contributed by atoms with Crippen molar-refractivity contribution in [3.63, 3.8) is 0 Å². The molecule has 0 radical (unpaired) electrons. The molecule has 0 saturated heterocycles. The summed E-state index contributed by atoms with van der Waals surface area (Å²) in [6, 6.07) is 13.6. The minimum absolute atomic E-state index is 0.180. The van der Waals surface area contributed by atoms with Gasteiger partial charge in [-0.15, -0.1) is 0 Å². The Labute approximate surface area is 126 Å². The van der Waals surface area contributed by atoms with Gasteiger partial charge in [0.1, 0.15) is 5.58 Å². The SMILES string of the molecule is Cc1cc(C(=O)O)ccc1NC(=O)c1cc2ccccc2o1. The van der Waals surface area contributed by atoms with Crippen molar-refractivity contribution in [3.05, 3.63) is 65.4 Å². The third-order valence-corrected chi connectivity index (χ3v) is 3.37. The summed E-state index contributed by atoms with van der Waals surface area (Å²) in [7, 11) is 0. The van der Waals surface area contributed by atoms with Crippen LogP contribution in [0.2, 0.25) is 0 Å². The number of hydrogen-bond acceptors (Lipinski definition) is 3. The molecule has 0 spiro atoms. The number of furan rings is 1. The number of carbonyl (C=O) groups excluding carboxylic acids is 1. The van der Waals surface area contributed by atoms with Crippen LogP contribution in [0.1, 0.15) is 26.5 Å². The van der Waals surface area contributed by atoms with Crippen molar-refractivity contribution in [2.24, 2.45) is 0 Å². The first-order valence-electron chi connectivity index (χ1n) is 6.68. The van der Waals surface area contributed by atoms with Crippen LogP contribution in [0.25, 0.3) is 11.0 Å². The zero-order valence-corrected chi connectivity index (χ0v) is 11.8. The summed E-state index contributed by atoms with van der Waals surface area (Å²) in [4.78, 5) is 23.1. The third kappa shape index (κ3) is 2.56. The average Bonchev–Trinajstić information content (AvgIpc) is 2.93. The number of carboxylic acid groups (broad SMARTS) is 1. The first-order valence-corrected chi connectivity index (χ1v) is 6.68. The lowest BCUT2D eigenvalue weighted by Crippen LogP contribution is -2.12. The normalized spacial score (nSPS) is 10.6. The maximum absolute atomic E-state index is 12.2. The highest BCUT2D eigenvalue weighted by Gasteiger charge is 2.14. The molecule has 0 unspecified atom stereocenters. The zero-order valence-electron chi connectivity index (χ0n) is 11.8. The Kier molecular flexibility index (Phi) is 3.39. The van der Waals surface area contributed by atoms with Crippen molar-refractivity contribution in [2.45, 2.75) is 6.92 Å². The van der Waals surface area contributed by atoms with Crippen LogP contribution < -0.4 is 5.32 Å². The molecule has 1 heterocycles. The van der Waals surface area contributed by atoms with Gasteiger partial charge in [-0.25, -0.2) is 4.79 Å². The van der Waals surface area contributed by atoms with E-state index in [-0.39, 0.29) is 17.2 Å². The highest BCUT2D eigenvalue weighted by atomic mass is 16.4. The number of rotatable bonds is 3. The number of benzene rings is 2.